The van der Waals surface area contributed by atoms with Crippen LogP contribution in [0.2, 0.25) is 0 Å². The van der Waals surface area contributed by atoms with E-state index in [4.69, 9.17) is 10.5 Å². The number of nitrogen functional groups attached to an aromatic ring is 1. The summed E-state index contributed by atoms with van der Waals surface area (Å²) in [5, 5.41) is 0. The Morgan fingerprint density at radius 2 is 1.75 bits per heavy atom. The van der Waals surface area contributed by atoms with Gasteiger partial charge >= 0.3 is 0 Å². The predicted molar refractivity (Wildman–Crippen MR) is 62.8 cm³/mol. The fraction of sp³-hybridized carbons (Fsp3) is 0.0769. The number of hydrogen-bond acceptors (Lipinski definition) is 2. The fourth-order valence-electron chi connectivity index (χ4n) is 1.64. The van der Waals surface area contributed by atoms with E-state index in [1.807, 2.05) is 12.1 Å². The molecule has 3 heteroatoms. The second-order valence-electron chi connectivity index (χ2n) is 3.43. The molecule has 0 aromatic heterocycles. The molecule has 2 nitrogen and oxygen atoms in total. The zero-order chi connectivity index (χ0) is 11.5. The first-order chi connectivity index (χ1) is 7.72. The molecule has 0 fully saturated rings. The summed E-state index contributed by atoms with van der Waals surface area (Å²) >= 11 is 0. The molecule has 82 valence electrons. The van der Waals surface area contributed by atoms with E-state index < -0.39 is 0 Å². The third-order valence-electron chi connectivity index (χ3n) is 2.40. The fourth-order valence-corrected chi connectivity index (χ4v) is 1.64. The van der Waals surface area contributed by atoms with Crippen LogP contribution in [0.15, 0.2) is 42.5 Å². The number of anilines is 1. The highest BCUT2D eigenvalue weighted by Gasteiger charge is 2.08. The summed E-state index contributed by atoms with van der Waals surface area (Å²) < 4.78 is 18.1. The van der Waals surface area contributed by atoms with Gasteiger partial charge in [0.25, 0.3) is 0 Å². The summed E-state index contributed by atoms with van der Waals surface area (Å²) in [5.74, 6) is 0.362. The number of halogens is 1. The number of hydrogen-bond donors (Lipinski definition) is 1. The molecule has 0 atom stereocenters. The zero-order valence-electron chi connectivity index (χ0n) is 8.91. The van der Waals surface area contributed by atoms with E-state index in [0.29, 0.717) is 11.4 Å². The predicted octanol–water partition coefficient (Wildman–Crippen LogP) is 3.08. The van der Waals surface area contributed by atoms with Gasteiger partial charge in [0.2, 0.25) is 0 Å². The van der Waals surface area contributed by atoms with Crippen LogP contribution in [0.3, 0.4) is 0 Å². The van der Waals surface area contributed by atoms with E-state index in [1.54, 1.807) is 25.3 Å². The molecule has 0 saturated heterocycles. The number of rotatable bonds is 2. The summed E-state index contributed by atoms with van der Waals surface area (Å²) in [5.41, 5.74) is 8.12. The second-order valence-corrected chi connectivity index (χ2v) is 3.43. The van der Waals surface area contributed by atoms with Gasteiger partial charge < -0.3 is 10.5 Å². The molecule has 0 spiro atoms. The molecule has 2 N–H and O–H groups in total. The van der Waals surface area contributed by atoms with Gasteiger partial charge in [0.1, 0.15) is 11.6 Å². The number of para-hydroxylation sites is 1. The standard InChI is InChI=1S/C13H12FNO/c1-16-13-11(3-2-4-12(13)15)9-5-7-10(14)8-6-9/h2-8H,15H2,1H3. The minimum absolute atomic E-state index is 0.258. The Labute approximate surface area is 93.5 Å². The van der Waals surface area contributed by atoms with E-state index in [1.165, 1.54) is 12.1 Å². The Balaban J connectivity index is 2.55. The quantitative estimate of drug-likeness (QED) is 0.784. The van der Waals surface area contributed by atoms with E-state index in [2.05, 4.69) is 0 Å². The Morgan fingerprint density at radius 1 is 1.06 bits per heavy atom. The first-order valence-corrected chi connectivity index (χ1v) is 4.91. The van der Waals surface area contributed by atoms with Crippen molar-refractivity contribution in [1.29, 1.82) is 0 Å². The Hall–Kier alpha value is -2.03. The van der Waals surface area contributed by atoms with Crippen molar-refractivity contribution >= 4 is 5.69 Å². The van der Waals surface area contributed by atoms with Gasteiger partial charge in [-0.3, -0.25) is 0 Å². The molecular weight excluding hydrogens is 205 g/mol. The Bertz CT molecular complexity index is 494. The minimum Gasteiger partial charge on any atom is -0.494 e. The van der Waals surface area contributed by atoms with Crippen molar-refractivity contribution in [1.82, 2.24) is 0 Å². The molecule has 0 amide bonds. The molecule has 16 heavy (non-hydrogen) atoms. The van der Waals surface area contributed by atoms with Crippen molar-refractivity contribution < 1.29 is 9.13 Å². The minimum atomic E-state index is -0.258. The van der Waals surface area contributed by atoms with Crippen molar-refractivity contribution in [2.24, 2.45) is 0 Å². The highest BCUT2D eigenvalue weighted by molar-refractivity contribution is 5.77. The van der Waals surface area contributed by atoms with Crippen molar-refractivity contribution in [2.45, 2.75) is 0 Å². The molecule has 2 rings (SSSR count). The molecule has 0 unspecified atom stereocenters. The summed E-state index contributed by atoms with van der Waals surface area (Å²) in [6.07, 6.45) is 0. The molecule has 0 aliphatic heterocycles. The molecule has 0 bridgehead atoms. The van der Waals surface area contributed by atoms with Gasteiger partial charge in [-0.15, -0.1) is 0 Å². The maximum absolute atomic E-state index is 12.8. The van der Waals surface area contributed by atoms with Gasteiger partial charge in [0, 0.05) is 5.56 Å². The van der Waals surface area contributed by atoms with Gasteiger partial charge in [0.15, 0.2) is 0 Å². The first kappa shape index (κ1) is 10.5. The van der Waals surface area contributed by atoms with E-state index in [9.17, 15) is 4.39 Å². The Morgan fingerprint density at radius 3 is 2.38 bits per heavy atom. The topological polar surface area (TPSA) is 35.2 Å². The van der Waals surface area contributed by atoms with Crippen LogP contribution < -0.4 is 10.5 Å². The molecule has 2 aromatic carbocycles. The zero-order valence-corrected chi connectivity index (χ0v) is 8.91. The summed E-state index contributed by atoms with van der Waals surface area (Å²) in [6.45, 7) is 0. The molecule has 0 heterocycles. The van der Waals surface area contributed by atoms with Gasteiger partial charge in [-0.1, -0.05) is 24.3 Å². The SMILES string of the molecule is COc1c(N)cccc1-c1ccc(F)cc1. The summed E-state index contributed by atoms with van der Waals surface area (Å²) in [4.78, 5) is 0. The van der Waals surface area contributed by atoms with Crippen molar-refractivity contribution in [3.63, 3.8) is 0 Å². The monoisotopic (exact) mass is 217 g/mol. The summed E-state index contributed by atoms with van der Waals surface area (Å²) in [6, 6.07) is 11.7. The third kappa shape index (κ3) is 1.84. The molecule has 0 aliphatic carbocycles. The van der Waals surface area contributed by atoms with Crippen molar-refractivity contribution in [3.8, 4) is 16.9 Å². The highest BCUT2D eigenvalue weighted by Crippen LogP contribution is 2.34. The lowest BCUT2D eigenvalue weighted by Gasteiger charge is -2.10. The van der Waals surface area contributed by atoms with E-state index in [-0.39, 0.29) is 5.82 Å². The number of methoxy groups -OCH3 is 1. The lowest BCUT2D eigenvalue weighted by atomic mass is 10.0. The van der Waals surface area contributed by atoms with Crippen LogP contribution in [-0.4, -0.2) is 7.11 Å². The van der Waals surface area contributed by atoms with E-state index in [0.717, 1.165) is 11.1 Å². The van der Waals surface area contributed by atoms with Gasteiger partial charge in [-0.2, -0.15) is 0 Å². The second kappa shape index (κ2) is 4.23. The number of ether oxygens (including phenoxy) is 1. The molecule has 2 aromatic rings. The largest absolute Gasteiger partial charge is 0.494 e. The first-order valence-electron chi connectivity index (χ1n) is 4.91. The van der Waals surface area contributed by atoms with Crippen LogP contribution in [0.1, 0.15) is 0 Å². The van der Waals surface area contributed by atoms with Gasteiger partial charge in [-0.05, 0) is 23.8 Å². The molecule has 0 radical (unpaired) electrons. The normalized spacial score (nSPS) is 10.1. The van der Waals surface area contributed by atoms with Crippen LogP contribution in [0.25, 0.3) is 11.1 Å². The average molecular weight is 217 g/mol. The Kier molecular flexibility index (Phi) is 2.77. The van der Waals surface area contributed by atoms with Crippen LogP contribution in [0.5, 0.6) is 5.75 Å². The van der Waals surface area contributed by atoms with E-state index >= 15 is 0 Å². The van der Waals surface area contributed by atoms with Crippen molar-refractivity contribution in [3.05, 3.63) is 48.3 Å². The number of benzene rings is 2. The lowest BCUT2D eigenvalue weighted by molar-refractivity contribution is 0.418. The van der Waals surface area contributed by atoms with Crippen LogP contribution in [0.4, 0.5) is 10.1 Å². The van der Waals surface area contributed by atoms with Crippen LogP contribution >= 0.6 is 0 Å². The highest BCUT2D eigenvalue weighted by atomic mass is 19.1. The summed E-state index contributed by atoms with van der Waals surface area (Å²) in [7, 11) is 1.57. The van der Waals surface area contributed by atoms with Crippen LogP contribution in [-0.2, 0) is 0 Å². The van der Waals surface area contributed by atoms with Gasteiger partial charge in [-0.25, -0.2) is 4.39 Å². The smallest absolute Gasteiger partial charge is 0.149 e. The molecule has 0 aliphatic rings. The average Bonchev–Trinajstić information content (AvgIpc) is 2.30. The molecular formula is C13H12FNO. The number of nitrogens with two attached hydrogens (primary N) is 1. The van der Waals surface area contributed by atoms with Crippen LogP contribution in [0, 0.1) is 5.82 Å². The third-order valence-corrected chi connectivity index (χ3v) is 2.40. The van der Waals surface area contributed by atoms with Gasteiger partial charge in [0.05, 0.1) is 12.8 Å². The lowest BCUT2D eigenvalue weighted by Crippen LogP contribution is -1.94. The molecule has 0 saturated carbocycles. The maximum Gasteiger partial charge on any atom is 0.149 e. The maximum atomic E-state index is 12.8. The van der Waals surface area contributed by atoms with Crippen molar-refractivity contribution in [2.75, 3.05) is 12.8 Å².